The number of amides is 1. The zero-order valence-corrected chi connectivity index (χ0v) is 9.37. The molecule has 2 N–H and O–H groups in total. The van der Waals surface area contributed by atoms with Crippen molar-refractivity contribution in [3.05, 3.63) is 34.3 Å². The van der Waals surface area contributed by atoms with Crippen LogP contribution in [-0.4, -0.2) is 11.7 Å². The van der Waals surface area contributed by atoms with Crippen molar-refractivity contribution in [2.75, 3.05) is 0 Å². The van der Waals surface area contributed by atoms with Crippen molar-refractivity contribution < 1.29 is 9.59 Å². The van der Waals surface area contributed by atoms with Crippen LogP contribution in [0.5, 0.6) is 0 Å². The molecule has 0 saturated carbocycles. The van der Waals surface area contributed by atoms with Crippen molar-refractivity contribution in [3.8, 4) is 0 Å². The van der Waals surface area contributed by atoms with Gasteiger partial charge in [0.15, 0.2) is 0 Å². The summed E-state index contributed by atoms with van der Waals surface area (Å²) in [7, 11) is 0. The number of carbonyl (C=O) groups is 2. The van der Waals surface area contributed by atoms with E-state index >= 15 is 0 Å². The fourth-order valence-corrected chi connectivity index (χ4v) is 1.89. The number of hydrogen-bond acceptors (Lipinski definition) is 3. The van der Waals surface area contributed by atoms with Gasteiger partial charge in [-0.1, -0.05) is 28.1 Å². The molecule has 2 rings (SSSR count). The second kappa shape index (κ2) is 4.12. The third kappa shape index (κ3) is 2.24. The standard InChI is InChI=1S/C10H9BrN2O2/c11-7-3-1-2-6(4-7)8-5-9(14)10(15)13-12-8/h1-4,8,12H,5H2,(H,13,15). The van der Waals surface area contributed by atoms with Gasteiger partial charge >= 0.3 is 5.91 Å². The number of carbonyl (C=O) groups excluding carboxylic acids is 2. The van der Waals surface area contributed by atoms with Crippen LogP contribution in [0.2, 0.25) is 0 Å². The lowest BCUT2D eigenvalue weighted by molar-refractivity contribution is -0.141. The van der Waals surface area contributed by atoms with Gasteiger partial charge < -0.3 is 0 Å². The minimum absolute atomic E-state index is 0.146. The molecule has 1 unspecified atom stereocenters. The van der Waals surface area contributed by atoms with Gasteiger partial charge in [-0.25, -0.2) is 5.43 Å². The van der Waals surface area contributed by atoms with E-state index in [4.69, 9.17) is 0 Å². The van der Waals surface area contributed by atoms with Crippen molar-refractivity contribution in [2.24, 2.45) is 0 Å². The fourth-order valence-electron chi connectivity index (χ4n) is 1.48. The Hall–Kier alpha value is -1.20. The largest absolute Gasteiger partial charge is 0.301 e. The second-order valence-corrected chi connectivity index (χ2v) is 4.25. The van der Waals surface area contributed by atoms with E-state index in [1.165, 1.54) is 0 Å². The summed E-state index contributed by atoms with van der Waals surface area (Å²) in [5, 5.41) is 0. The molecule has 1 aliphatic heterocycles. The highest BCUT2D eigenvalue weighted by Crippen LogP contribution is 2.21. The van der Waals surface area contributed by atoms with Crippen molar-refractivity contribution in [1.82, 2.24) is 10.9 Å². The van der Waals surface area contributed by atoms with Gasteiger partial charge in [-0.05, 0) is 17.7 Å². The Kier molecular flexibility index (Phi) is 2.83. The summed E-state index contributed by atoms with van der Waals surface area (Å²) in [6.45, 7) is 0. The lowest BCUT2D eigenvalue weighted by Crippen LogP contribution is -2.49. The SMILES string of the molecule is O=C1CC(c2cccc(Br)c2)NNC1=O. The third-order valence-electron chi connectivity index (χ3n) is 2.25. The minimum atomic E-state index is -0.568. The van der Waals surface area contributed by atoms with Gasteiger partial charge in [0.25, 0.3) is 0 Å². The van der Waals surface area contributed by atoms with E-state index in [-0.39, 0.29) is 12.5 Å². The number of nitrogens with one attached hydrogen (secondary N) is 2. The molecule has 0 aliphatic carbocycles. The summed E-state index contributed by atoms with van der Waals surface area (Å²) in [4.78, 5) is 22.1. The number of halogens is 1. The molecule has 1 fully saturated rings. The second-order valence-electron chi connectivity index (χ2n) is 3.33. The number of hydrazine groups is 1. The zero-order chi connectivity index (χ0) is 10.8. The van der Waals surface area contributed by atoms with Gasteiger partial charge in [0.1, 0.15) is 0 Å². The lowest BCUT2D eigenvalue weighted by atomic mass is 10.0. The Morgan fingerprint density at radius 2 is 2.13 bits per heavy atom. The molecule has 0 spiro atoms. The topological polar surface area (TPSA) is 58.2 Å². The summed E-state index contributed by atoms with van der Waals surface area (Å²) in [6, 6.07) is 7.48. The van der Waals surface area contributed by atoms with Crippen LogP contribution in [0.4, 0.5) is 0 Å². The van der Waals surface area contributed by atoms with E-state index in [0.717, 1.165) is 10.0 Å². The van der Waals surface area contributed by atoms with Crippen LogP contribution in [0.3, 0.4) is 0 Å². The molecule has 1 atom stereocenters. The van der Waals surface area contributed by atoms with Crippen LogP contribution in [0.1, 0.15) is 18.0 Å². The van der Waals surface area contributed by atoms with Crippen LogP contribution in [0.25, 0.3) is 0 Å². The van der Waals surface area contributed by atoms with Crippen molar-refractivity contribution in [2.45, 2.75) is 12.5 Å². The Morgan fingerprint density at radius 3 is 2.80 bits per heavy atom. The van der Waals surface area contributed by atoms with Gasteiger partial charge in [-0.3, -0.25) is 15.0 Å². The first-order valence-electron chi connectivity index (χ1n) is 4.51. The van der Waals surface area contributed by atoms with E-state index in [0.29, 0.717) is 0 Å². The fraction of sp³-hybridized carbons (Fsp3) is 0.200. The maximum Gasteiger partial charge on any atom is 0.301 e. The average molecular weight is 269 g/mol. The minimum Gasteiger partial charge on any atom is -0.289 e. The van der Waals surface area contributed by atoms with Crippen molar-refractivity contribution in [3.63, 3.8) is 0 Å². The molecule has 0 radical (unpaired) electrons. The molecule has 1 aliphatic rings. The molecule has 78 valence electrons. The van der Waals surface area contributed by atoms with Crippen LogP contribution in [0, 0.1) is 0 Å². The number of benzene rings is 1. The first-order chi connectivity index (χ1) is 7.16. The summed E-state index contributed by atoms with van der Waals surface area (Å²) in [6.07, 6.45) is 0.197. The maximum atomic E-state index is 11.2. The third-order valence-corrected chi connectivity index (χ3v) is 2.75. The molecule has 1 saturated heterocycles. The molecule has 1 aromatic rings. The Balaban J connectivity index is 2.19. The first kappa shape index (κ1) is 10.3. The molecule has 0 bridgehead atoms. The maximum absolute atomic E-state index is 11.2. The van der Waals surface area contributed by atoms with Gasteiger partial charge in [-0.15, -0.1) is 0 Å². The van der Waals surface area contributed by atoms with Gasteiger partial charge in [0.2, 0.25) is 5.78 Å². The molecule has 15 heavy (non-hydrogen) atoms. The van der Waals surface area contributed by atoms with E-state index in [1.54, 1.807) is 0 Å². The van der Waals surface area contributed by atoms with Crippen molar-refractivity contribution >= 4 is 27.6 Å². The summed E-state index contributed by atoms with van der Waals surface area (Å²) >= 11 is 3.36. The number of Topliss-reactive ketones (excluding diaryl/α,β-unsaturated/α-hetero) is 1. The Bertz CT molecular complexity index is 420. The lowest BCUT2D eigenvalue weighted by Gasteiger charge is -2.23. The van der Waals surface area contributed by atoms with E-state index in [9.17, 15) is 9.59 Å². The smallest absolute Gasteiger partial charge is 0.289 e. The highest BCUT2D eigenvalue weighted by Gasteiger charge is 2.26. The van der Waals surface area contributed by atoms with Crippen molar-refractivity contribution in [1.29, 1.82) is 0 Å². The molecule has 1 aromatic carbocycles. The first-order valence-corrected chi connectivity index (χ1v) is 5.30. The van der Waals surface area contributed by atoms with Crippen LogP contribution in [0.15, 0.2) is 28.7 Å². The summed E-state index contributed by atoms with van der Waals surface area (Å²) in [5.41, 5.74) is 6.12. The number of rotatable bonds is 1. The predicted octanol–water partition coefficient (Wildman–Crippen LogP) is 1.08. The van der Waals surface area contributed by atoms with Crippen LogP contribution < -0.4 is 10.9 Å². The Morgan fingerprint density at radius 1 is 1.33 bits per heavy atom. The molecular weight excluding hydrogens is 260 g/mol. The molecule has 1 heterocycles. The monoisotopic (exact) mass is 268 g/mol. The van der Waals surface area contributed by atoms with E-state index < -0.39 is 11.7 Å². The molecule has 5 heteroatoms. The van der Waals surface area contributed by atoms with Crippen LogP contribution in [-0.2, 0) is 9.59 Å². The predicted molar refractivity (Wildman–Crippen MR) is 57.8 cm³/mol. The Labute approximate surface area is 95.1 Å². The van der Waals surface area contributed by atoms with E-state index in [1.807, 2.05) is 24.3 Å². The summed E-state index contributed by atoms with van der Waals surface area (Å²) in [5.74, 6) is -0.958. The zero-order valence-electron chi connectivity index (χ0n) is 7.79. The van der Waals surface area contributed by atoms with E-state index in [2.05, 4.69) is 26.8 Å². The molecule has 0 aromatic heterocycles. The average Bonchev–Trinajstić information content (AvgIpc) is 2.22. The summed E-state index contributed by atoms with van der Waals surface area (Å²) < 4.78 is 0.950. The number of hydrogen-bond donors (Lipinski definition) is 2. The normalized spacial score (nSPS) is 21.3. The highest BCUT2D eigenvalue weighted by molar-refractivity contribution is 9.10. The van der Waals surface area contributed by atoms with Crippen LogP contribution >= 0.6 is 15.9 Å². The molecule has 1 amide bonds. The quantitative estimate of drug-likeness (QED) is 0.750. The highest BCUT2D eigenvalue weighted by atomic mass is 79.9. The van der Waals surface area contributed by atoms with Gasteiger partial charge in [0, 0.05) is 10.9 Å². The molecule has 4 nitrogen and oxygen atoms in total. The number of ketones is 1. The van der Waals surface area contributed by atoms with Gasteiger partial charge in [0.05, 0.1) is 6.04 Å². The van der Waals surface area contributed by atoms with Gasteiger partial charge in [-0.2, -0.15) is 0 Å². The molecular formula is C10H9BrN2O2.